The SMILES string of the molecule is COc1ccsc1C(=O)N(C)C1CCNC1.Cl. The molecule has 1 amide bonds. The molecule has 1 unspecified atom stereocenters. The van der Waals surface area contributed by atoms with Crippen molar-refractivity contribution in [2.75, 3.05) is 27.2 Å². The molecule has 1 atom stereocenters. The first-order chi connectivity index (χ1) is 7.74. The second-order valence-corrected chi connectivity index (χ2v) is 4.80. The van der Waals surface area contributed by atoms with E-state index >= 15 is 0 Å². The number of likely N-dealkylation sites (N-methyl/N-ethyl adjacent to an activating group) is 1. The lowest BCUT2D eigenvalue weighted by Crippen LogP contribution is -2.38. The Labute approximate surface area is 111 Å². The normalized spacial score (nSPS) is 18.6. The summed E-state index contributed by atoms with van der Waals surface area (Å²) < 4.78 is 5.17. The van der Waals surface area contributed by atoms with Gasteiger partial charge in [-0.15, -0.1) is 23.7 Å². The Morgan fingerprint density at radius 3 is 3.00 bits per heavy atom. The Kier molecular flexibility index (Phi) is 5.24. The predicted octanol–water partition coefficient (Wildman–Crippen LogP) is 1.61. The third-order valence-corrected chi connectivity index (χ3v) is 3.83. The molecule has 6 heteroatoms. The first kappa shape index (κ1) is 14.3. The summed E-state index contributed by atoms with van der Waals surface area (Å²) in [4.78, 5) is 14.7. The van der Waals surface area contributed by atoms with Gasteiger partial charge in [0.1, 0.15) is 10.6 Å². The standard InChI is InChI=1S/C11H16N2O2S.ClH/c1-13(8-3-5-12-7-8)11(14)10-9(15-2)4-6-16-10;/h4,6,8,12H,3,5,7H2,1-2H3;1H. The fourth-order valence-corrected chi connectivity index (χ4v) is 2.75. The summed E-state index contributed by atoms with van der Waals surface area (Å²) in [5, 5.41) is 5.14. The Morgan fingerprint density at radius 1 is 1.65 bits per heavy atom. The molecular formula is C11H17ClN2O2S. The van der Waals surface area contributed by atoms with E-state index in [2.05, 4.69) is 5.32 Å². The maximum Gasteiger partial charge on any atom is 0.267 e. The molecule has 1 aromatic heterocycles. The smallest absolute Gasteiger partial charge is 0.267 e. The average Bonchev–Trinajstić information content (AvgIpc) is 2.97. The van der Waals surface area contributed by atoms with E-state index in [9.17, 15) is 4.79 Å². The van der Waals surface area contributed by atoms with Crippen molar-refractivity contribution in [1.29, 1.82) is 0 Å². The van der Waals surface area contributed by atoms with E-state index < -0.39 is 0 Å². The van der Waals surface area contributed by atoms with Crippen LogP contribution in [-0.4, -0.2) is 44.1 Å². The number of carbonyl (C=O) groups is 1. The highest BCUT2D eigenvalue weighted by Crippen LogP contribution is 2.26. The van der Waals surface area contributed by atoms with Crippen LogP contribution >= 0.6 is 23.7 Å². The van der Waals surface area contributed by atoms with Gasteiger partial charge in [0.2, 0.25) is 0 Å². The van der Waals surface area contributed by atoms with Crippen molar-refractivity contribution in [3.8, 4) is 5.75 Å². The average molecular weight is 277 g/mol. The topological polar surface area (TPSA) is 41.6 Å². The Balaban J connectivity index is 0.00000144. The fraction of sp³-hybridized carbons (Fsp3) is 0.545. The molecular weight excluding hydrogens is 260 g/mol. The molecule has 0 spiro atoms. The van der Waals surface area contributed by atoms with Crippen LogP contribution in [0.3, 0.4) is 0 Å². The molecule has 2 heterocycles. The van der Waals surface area contributed by atoms with Crippen molar-refractivity contribution in [3.05, 3.63) is 16.3 Å². The molecule has 1 aromatic rings. The van der Waals surface area contributed by atoms with Crippen LogP contribution in [0.15, 0.2) is 11.4 Å². The highest BCUT2D eigenvalue weighted by Gasteiger charge is 2.26. The number of nitrogens with one attached hydrogen (secondary N) is 1. The van der Waals surface area contributed by atoms with Crippen molar-refractivity contribution in [3.63, 3.8) is 0 Å². The molecule has 0 radical (unpaired) electrons. The summed E-state index contributed by atoms with van der Waals surface area (Å²) in [6, 6.07) is 2.14. The molecule has 1 aliphatic rings. The number of thiophene rings is 1. The van der Waals surface area contributed by atoms with E-state index in [1.807, 2.05) is 23.4 Å². The molecule has 1 N–H and O–H groups in total. The number of amides is 1. The van der Waals surface area contributed by atoms with Crippen molar-refractivity contribution in [2.24, 2.45) is 0 Å². The van der Waals surface area contributed by atoms with Crippen LogP contribution in [-0.2, 0) is 0 Å². The monoisotopic (exact) mass is 276 g/mol. The van der Waals surface area contributed by atoms with Gasteiger partial charge in [-0.25, -0.2) is 0 Å². The van der Waals surface area contributed by atoms with E-state index in [0.717, 1.165) is 19.5 Å². The molecule has 2 rings (SSSR count). The Bertz CT molecular complexity index is 377. The Morgan fingerprint density at radius 2 is 2.41 bits per heavy atom. The summed E-state index contributed by atoms with van der Waals surface area (Å²) in [6.07, 6.45) is 1.02. The molecule has 1 fully saturated rings. The third-order valence-electron chi connectivity index (χ3n) is 2.95. The van der Waals surface area contributed by atoms with Gasteiger partial charge in [-0.2, -0.15) is 0 Å². The van der Waals surface area contributed by atoms with Gasteiger partial charge in [0.15, 0.2) is 0 Å². The lowest BCUT2D eigenvalue weighted by molar-refractivity contribution is 0.0745. The van der Waals surface area contributed by atoms with E-state index in [0.29, 0.717) is 16.7 Å². The van der Waals surface area contributed by atoms with Crippen LogP contribution in [0.5, 0.6) is 5.75 Å². The summed E-state index contributed by atoms with van der Waals surface area (Å²) >= 11 is 1.43. The van der Waals surface area contributed by atoms with E-state index in [1.54, 1.807) is 7.11 Å². The zero-order valence-corrected chi connectivity index (χ0v) is 11.6. The van der Waals surface area contributed by atoms with Crippen molar-refractivity contribution in [2.45, 2.75) is 12.5 Å². The number of nitrogens with zero attached hydrogens (tertiary/aromatic N) is 1. The zero-order valence-electron chi connectivity index (χ0n) is 9.93. The largest absolute Gasteiger partial charge is 0.495 e. The highest BCUT2D eigenvalue weighted by atomic mass is 35.5. The lowest BCUT2D eigenvalue weighted by atomic mass is 10.2. The van der Waals surface area contributed by atoms with Gasteiger partial charge in [0.05, 0.1) is 7.11 Å². The van der Waals surface area contributed by atoms with Crippen LogP contribution in [0, 0.1) is 0 Å². The van der Waals surface area contributed by atoms with Gasteiger partial charge in [-0.1, -0.05) is 0 Å². The minimum Gasteiger partial charge on any atom is -0.495 e. The molecule has 1 aliphatic heterocycles. The maximum absolute atomic E-state index is 12.2. The van der Waals surface area contributed by atoms with Gasteiger partial charge in [0, 0.05) is 19.6 Å². The number of rotatable bonds is 3. The second kappa shape index (κ2) is 6.23. The first-order valence-electron chi connectivity index (χ1n) is 5.33. The quantitative estimate of drug-likeness (QED) is 0.912. The van der Waals surface area contributed by atoms with Gasteiger partial charge >= 0.3 is 0 Å². The Hall–Kier alpha value is -0.780. The number of ether oxygens (including phenoxy) is 1. The molecule has 0 aromatic carbocycles. The minimum absolute atomic E-state index is 0. The second-order valence-electron chi connectivity index (χ2n) is 3.88. The third kappa shape index (κ3) is 2.91. The summed E-state index contributed by atoms with van der Waals surface area (Å²) in [6.45, 7) is 1.87. The van der Waals surface area contributed by atoms with E-state index in [-0.39, 0.29) is 18.3 Å². The minimum atomic E-state index is 0. The van der Waals surface area contributed by atoms with Crippen molar-refractivity contribution >= 4 is 29.7 Å². The summed E-state index contributed by atoms with van der Waals surface area (Å²) in [5.74, 6) is 0.730. The van der Waals surface area contributed by atoms with E-state index in [1.165, 1.54) is 11.3 Å². The number of methoxy groups -OCH3 is 1. The summed E-state index contributed by atoms with van der Waals surface area (Å²) in [7, 11) is 3.45. The van der Waals surface area contributed by atoms with E-state index in [4.69, 9.17) is 4.74 Å². The number of hydrogen-bond acceptors (Lipinski definition) is 4. The van der Waals surface area contributed by atoms with Gasteiger partial charge < -0.3 is 15.0 Å². The molecule has 4 nitrogen and oxygen atoms in total. The summed E-state index contributed by atoms with van der Waals surface area (Å²) in [5.41, 5.74) is 0. The van der Waals surface area contributed by atoms with Gasteiger partial charge in [-0.05, 0) is 24.4 Å². The van der Waals surface area contributed by atoms with Crippen LogP contribution in [0.1, 0.15) is 16.1 Å². The van der Waals surface area contributed by atoms with Crippen LogP contribution in [0.2, 0.25) is 0 Å². The maximum atomic E-state index is 12.2. The highest BCUT2D eigenvalue weighted by molar-refractivity contribution is 7.12. The number of hydrogen-bond donors (Lipinski definition) is 1. The van der Waals surface area contributed by atoms with Gasteiger partial charge in [-0.3, -0.25) is 4.79 Å². The molecule has 0 saturated carbocycles. The zero-order chi connectivity index (χ0) is 11.5. The van der Waals surface area contributed by atoms with Gasteiger partial charge in [0.25, 0.3) is 5.91 Å². The number of carbonyl (C=O) groups excluding carboxylic acids is 1. The lowest BCUT2D eigenvalue weighted by Gasteiger charge is -2.23. The fourth-order valence-electron chi connectivity index (χ4n) is 1.91. The van der Waals surface area contributed by atoms with Crippen molar-refractivity contribution in [1.82, 2.24) is 10.2 Å². The molecule has 96 valence electrons. The molecule has 0 bridgehead atoms. The van der Waals surface area contributed by atoms with Crippen molar-refractivity contribution < 1.29 is 9.53 Å². The van der Waals surface area contributed by atoms with Crippen LogP contribution < -0.4 is 10.1 Å². The molecule has 17 heavy (non-hydrogen) atoms. The van der Waals surface area contributed by atoms with Crippen LogP contribution in [0.4, 0.5) is 0 Å². The molecule has 0 aliphatic carbocycles. The number of halogens is 1. The first-order valence-corrected chi connectivity index (χ1v) is 6.21. The van der Waals surface area contributed by atoms with Crippen LogP contribution in [0.25, 0.3) is 0 Å². The molecule has 1 saturated heterocycles. The predicted molar refractivity (Wildman–Crippen MR) is 71.5 cm³/mol.